The largest absolute Gasteiger partial charge is 0.341 e. The van der Waals surface area contributed by atoms with E-state index in [0.717, 1.165) is 45.3 Å². The Morgan fingerprint density at radius 2 is 2.00 bits per heavy atom. The van der Waals surface area contributed by atoms with Crippen molar-refractivity contribution >= 4 is 17.5 Å². The van der Waals surface area contributed by atoms with E-state index in [1.807, 2.05) is 0 Å². The lowest BCUT2D eigenvalue weighted by molar-refractivity contribution is -0.135. The minimum absolute atomic E-state index is 0.107. The Hall–Kier alpha value is -1.58. The molecule has 3 aliphatic carbocycles. The molecule has 1 N–H and O–H groups in total. The molecule has 33 heavy (non-hydrogen) atoms. The van der Waals surface area contributed by atoms with E-state index in [9.17, 15) is 4.79 Å². The number of halogens is 1. The highest BCUT2D eigenvalue weighted by Gasteiger charge is 2.31. The number of nitrogens with one attached hydrogen (secondary N) is 1. The highest BCUT2D eigenvalue weighted by molar-refractivity contribution is 6.22. The minimum atomic E-state index is -0.107. The van der Waals surface area contributed by atoms with E-state index in [4.69, 9.17) is 11.6 Å². The average Bonchev–Trinajstić information content (AvgIpc) is 2.85. The molecule has 180 valence electrons. The molecule has 3 nitrogen and oxygen atoms in total. The van der Waals surface area contributed by atoms with Crippen molar-refractivity contribution < 1.29 is 4.79 Å². The predicted octanol–water partition coefficient (Wildman–Crippen LogP) is 6.19. The van der Waals surface area contributed by atoms with E-state index in [1.54, 1.807) is 5.57 Å². The van der Waals surface area contributed by atoms with Gasteiger partial charge in [-0.05, 0) is 74.2 Å². The first kappa shape index (κ1) is 24.5. The monoisotopic (exact) mass is 468 g/mol. The molecule has 0 aromatic carbocycles. The van der Waals surface area contributed by atoms with Gasteiger partial charge >= 0.3 is 0 Å². The maximum atomic E-state index is 13.4. The van der Waals surface area contributed by atoms with Crippen LogP contribution in [-0.4, -0.2) is 41.9 Å². The molecule has 4 aliphatic rings. The van der Waals surface area contributed by atoms with Gasteiger partial charge in [-0.25, -0.2) is 0 Å². The number of piperidine rings is 1. The van der Waals surface area contributed by atoms with Gasteiger partial charge in [-0.1, -0.05) is 68.0 Å². The Labute approximate surface area is 205 Å². The molecule has 0 saturated carbocycles. The number of carbonyl (C=O) groups is 1. The maximum absolute atomic E-state index is 13.4. The van der Waals surface area contributed by atoms with E-state index in [2.05, 4.69) is 72.7 Å². The normalized spacial score (nSPS) is 29.2. The Morgan fingerprint density at radius 1 is 1.18 bits per heavy atom. The van der Waals surface area contributed by atoms with Gasteiger partial charge in [-0.3, -0.25) is 4.79 Å². The van der Waals surface area contributed by atoms with Crippen molar-refractivity contribution in [3.8, 4) is 0 Å². The van der Waals surface area contributed by atoms with Crippen LogP contribution in [0.5, 0.6) is 0 Å². The molecule has 0 aromatic rings. The Bertz CT molecular complexity index is 829. The van der Waals surface area contributed by atoms with Crippen LogP contribution in [0.4, 0.5) is 0 Å². The summed E-state index contributed by atoms with van der Waals surface area (Å²) in [5.41, 5.74) is 2.97. The smallest absolute Gasteiger partial charge is 0.239 e. The van der Waals surface area contributed by atoms with Crippen molar-refractivity contribution in [3.05, 3.63) is 59.8 Å². The standard InChI is InChI=1S/C29H41ClN2O/c1-21(2)28(31-20-22-7-6-10-26(19-22)23-8-4-3-5-9-23)29(33)32-17-15-25(16-18-32)24-11-13-27(30)14-12-24/h4,6-8,10-13,21-23,25,27-28,31H,3,5,9,14-20H2,1-2H3/t22?,23?,27?,28-/m1/s1. The summed E-state index contributed by atoms with van der Waals surface area (Å²) in [6.07, 6.45) is 26.1. The summed E-state index contributed by atoms with van der Waals surface area (Å²) in [7, 11) is 0. The fraction of sp³-hybridized carbons (Fsp3) is 0.621. The van der Waals surface area contributed by atoms with Gasteiger partial charge in [0.1, 0.15) is 0 Å². The zero-order chi connectivity index (χ0) is 23.2. The molecule has 0 bridgehead atoms. The first-order valence-electron chi connectivity index (χ1n) is 13.1. The molecule has 1 saturated heterocycles. The van der Waals surface area contributed by atoms with Crippen LogP contribution in [-0.2, 0) is 4.79 Å². The molecule has 4 rings (SSSR count). The number of amides is 1. The third-order valence-corrected chi connectivity index (χ3v) is 8.13. The number of hydrogen-bond acceptors (Lipinski definition) is 2. The summed E-state index contributed by atoms with van der Waals surface area (Å²) < 4.78 is 0. The van der Waals surface area contributed by atoms with Gasteiger partial charge in [0.05, 0.1) is 11.4 Å². The van der Waals surface area contributed by atoms with Crippen molar-refractivity contribution in [2.24, 2.45) is 23.7 Å². The molecule has 1 heterocycles. The summed E-state index contributed by atoms with van der Waals surface area (Å²) in [5, 5.41) is 3.80. The number of nitrogens with zero attached hydrogens (tertiary/aromatic N) is 1. The van der Waals surface area contributed by atoms with Gasteiger partial charge in [0.2, 0.25) is 5.91 Å². The van der Waals surface area contributed by atoms with E-state index in [-0.39, 0.29) is 23.2 Å². The van der Waals surface area contributed by atoms with E-state index in [0.29, 0.717) is 17.8 Å². The molecule has 0 spiro atoms. The van der Waals surface area contributed by atoms with E-state index >= 15 is 0 Å². The van der Waals surface area contributed by atoms with Crippen molar-refractivity contribution in [1.29, 1.82) is 0 Å². The number of hydrogen-bond donors (Lipinski definition) is 1. The number of likely N-dealkylation sites (tertiary alicyclic amines) is 1. The molecular formula is C29H41ClN2O. The average molecular weight is 469 g/mol. The van der Waals surface area contributed by atoms with E-state index < -0.39 is 0 Å². The van der Waals surface area contributed by atoms with Crippen LogP contribution in [0.1, 0.15) is 58.8 Å². The molecule has 3 unspecified atom stereocenters. The Balaban J connectivity index is 1.27. The number of allylic oxidation sites excluding steroid dienone is 9. The van der Waals surface area contributed by atoms with Gasteiger partial charge < -0.3 is 10.2 Å². The molecular weight excluding hydrogens is 428 g/mol. The lowest BCUT2D eigenvalue weighted by Crippen LogP contribution is -2.52. The van der Waals surface area contributed by atoms with Crippen LogP contribution in [0.25, 0.3) is 0 Å². The SMILES string of the molecule is CC(C)[C@@H](NCC1C=CC=C(C2C=CCCC2)C1)C(=O)N1CCC(C2=CCC(Cl)C=C2)CC1. The highest BCUT2D eigenvalue weighted by Crippen LogP contribution is 2.32. The summed E-state index contributed by atoms with van der Waals surface area (Å²) in [4.78, 5) is 15.5. The van der Waals surface area contributed by atoms with Crippen LogP contribution in [0, 0.1) is 23.7 Å². The molecule has 0 aromatic heterocycles. The van der Waals surface area contributed by atoms with Gasteiger partial charge in [0, 0.05) is 19.6 Å². The fourth-order valence-electron chi connectivity index (χ4n) is 5.74. The predicted molar refractivity (Wildman–Crippen MR) is 139 cm³/mol. The van der Waals surface area contributed by atoms with Crippen LogP contribution < -0.4 is 5.32 Å². The molecule has 4 heteroatoms. The van der Waals surface area contributed by atoms with Crippen LogP contribution >= 0.6 is 11.6 Å². The van der Waals surface area contributed by atoms with Crippen molar-refractivity contribution in [2.75, 3.05) is 19.6 Å². The second-order valence-corrected chi connectivity index (χ2v) is 11.2. The number of alkyl halides is 1. The first-order chi connectivity index (χ1) is 16.0. The van der Waals surface area contributed by atoms with Crippen molar-refractivity contribution in [2.45, 2.75) is 70.2 Å². The highest BCUT2D eigenvalue weighted by atomic mass is 35.5. The molecule has 4 atom stereocenters. The maximum Gasteiger partial charge on any atom is 0.239 e. The van der Waals surface area contributed by atoms with Gasteiger partial charge in [0.15, 0.2) is 0 Å². The van der Waals surface area contributed by atoms with Crippen LogP contribution in [0.2, 0.25) is 0 Å². The first-order valence-corrected chi connectivity index (χ1v) is 13.5. The van der Waals surface area contributed by atoms with E-state index in [1.165, 1.54) is 24.8 Å². The van der Waals surface area contributed by atoms with Gasteiger partial charge in [0.25, 0.3) is 0 Å². The number of rotatable bonds is 7. The van der Waals surface area contributed by atoms with Crippen molar-refractivity contribution in [3.63, 3.8) is 0 Å². The fourth-order valence-corrected chi connectivity index (χ4v) is 5.90. The third-order valence-electron chi connectivity index (χ3n) is 7.81. The van der Waals surface area contributed by atoms with Crippen LogP contribution in [0.15, 0.2) is 59.8 Å². The van der Waals surface area contributed by atoms with Gasteiger partial charge in [-0.2, -0.15) is 0 Å². The second-order valence-electron chi connectivity index (χ2n) is 10.6. The zero-order valence-electron chi connectivity index (χ0n) is 20.4. The minimum Gasteiger partial charge on any atom is -0.341 e. The lowest BCUT2D eigenvalue weighted by Gasteiger charge is -2.36. The molecule has 1 aliphatic heterocycles. The number of carbonyl (C=O) groups excluding carboxylic acids is 1. The van der Waals surface area contributed by atoms with Gasteiger partial charge in [-0.15, -0.1) is 11.6 Å². The Morgan fingerprint density at radius 3 is 2.67 bits per heavy atom. The zero-order valence-corrected chi connectivity index (χ0v) is 21.1. The summed E-state index contributed by atoms with van der Waals surface area (Å²) in [5.74, 6) is 2.20. The molecule has 1 amide bonds. The van der Waals surface area contributed by atoms with Crippen LogP contribution in [0.3, 0.4) is 0 Å². The Kier molecular flexibility index (Phi) is 8.71. The molecule has 1 fully saturated rings. The summed E-state index contributed by atoms with van der Waals surface area (Å²) in [6, 6.07) is -0.107. The third kappa shape index (κ3) is 6.51. The van der Waals surface area contributed by atoms with Crippen molar-refractivity contribution in [1.82, 2.24) is 10.2 Å². The summed E-state index contributed by atoms with van der Waals surface area (Å²) >= 11 is 6.18. The molecule has 0 radical (unpaired) electrons. The lowest BCUT2D eigenvalue weighted by atomic mass is 9.81. The quantitative estimate of drug-likeness (QED) is 0.356. The second kappa shape index (κ2) is 11.7. The summed E-state index contributed by atoms with van der Waals surface area (Å²) in [6.45, 7) is 6.91. The topological polar surface area (TPSA) is 32.3 Å².